The van der Waals surface area contributed by atoms with Crippen LogP contribution in [-0.4, -0.2) is 15.7 Å². The van der Waals surface area contributed by atoms with Crippen molar-refractivity contribution in [2.45, 2.75) is 18.9 Å². The molecule has 0 N–H and O–H groups in total. The number of hydrogen-bond donors (Lipinski definition) is 0. The van der Waals surface area contributed by atoms with Crippen LogP contribution in [0.15, 0.2) is 60.9 Å². The fourth-order valence-electron chi connectivity index (χ4n) is 3.14. The lowest BCUT2D eigenvalue weighted by Crippen LogP contribution is -2.24. The van der Waals surface area contributed by atoms with E-state index in [9.17, 15) is 0 Å². The van der Waals surface area contributed by atoms with Crippen molar-refractivity contribution in [1.29, 1.82) is 0 Å². The van der Waals surface area contributed by atoms with Crippen molar-refractivity contribution in [2.75, 3.05) is 0 Å². The van der Waals surface area contributed by atoms with Crippen LogP contribution in [0.25, 0.3) is 11.6 Å². The lowest BCUT2D eigenvalue weighted by molar-refractivity contribution is 0.243. The summed E-state index contributed by atoms with van der Waals surface area (Å²) in [7, 11) is 2.02. The molecule has 0 fully saturated rings. The lowest BCUT2D eigenvalue weighted by Gasteiger charge is -2.27. The Balaban J connectivity index is 1.66. The molecule has 0 amide bonds. The molecule has 1 atom stereocenters. The molecular weight excluding hydrogens is 296 g/mol. The summed E-state index contributed by atoms with van der Waals surface area (Å²) in [5, 5.41) is 0. The van der Waals surface area contributed by atoms with Crippen LogP contribution in [-0.2, 0) is 13.5 Å². The van der Waals surface area contributed by atoms with Crippen LogP contribution in [0.2, 0.25) is 0 Å². The number of nitrogens with zero attached hydrogens (tertiary/aromatic N) is 2. The third kappa shape index (κ3) is 2.85. The van der Waals surface area contributed by atoms with Crippen molar-refractivity contribution in [3.05, 3.63) is 83.9 Å². The second-order valence-corrected chi connectivity index (χ2v) is 6.06. The van der Waals surface area contributed by atoms with Gasteiger partial charge in [0.15, 0.2) is 0 Å². The maximum absolute atomic E-state index is 6.30. The predicted molar refractivity (Wildman–Crippen MR) is 95.5 cm³/mol. The molecular formula is C21H19N2O. The normalized spacial score (nSPS) is 16.2. The molecule has 1 aliphatic rings. The molecule has 2 heterocycles. The first kappa shape index (κ1) is 14.8. The summed E-state index contributed by atoms with van der Waals surface area (Å²) < 4.78 is 8.35. The van der Waals surface area contributed by atoms with Gasteiger partial charge < -0.3 is 9.30 Å². The second kappa shape index (κ2) is 6.36. The zero-order valence-electron chi connectivity index (χ0n) is 13.6. The van der Waals surface area contributed by atoms with Crippen LogP contribution in [0.4, 0.5) is 0 Å². The average Bonchev–Trinajstić information content (AvgIpc) is 3.06. The van der Waals surface area contributed by atoms with E-state index in [1.165, 1.54) is 5.56 Å². The monoisotopic (exact) mass is 315 g/mol. The molecule has 3 heteroatoms. The molecule has 3 nitrogen and oxygen atoms in total. The van der Waals surface area contributed by atoms with E-state index in [2.05, 4.69) is 41.4 Å². The summed E-state index contributed by atoms with van der Waals surface area (Å²) in [5.74, 6) is 1.88. The number of rotatable bonds is 4. The fraction of sp³-hybridized carbons (Fsp3) is 0.190. The zero-order chi connectivity index (χ0) is 16.4. The minimum Gasteiger partial charge on any atom is -0.485 e. The maximum atomic E-state index is 6.30. The van der Waals surface area contributed by atoms with Crippen LogP contribution in [0, 0.1) is 6.07 Å². The first-order valence-corrected chi connectivity index (χ1v) is 8.21. The SMILES string of the molecule is Cn1ccnc1C1=Cc2c[c]ccc2OC1CCc1ccccc1. The van der Waals surface area contributed by atoms with Gasteiger partial charge in [0, 0.05) is 30.6 Å². The molecule has 1 radical (unpaired) electrons. The Hall–Kier alpha value is -2.81. The molecule has 1 aliphatic heterocycles. The molecule has 0 aliphatic carbocycles. The van der Waals surface area contributed by atoms with Gasteiger partial charge in [-0.15, -0.1) is 0 Å². The van der Waals surface area contributed by atoms with Crippen molar-refractivity contribution in [2.24, 2.45) is 7.05 Å². The minimum atomic E-state index is 0.00112. The second-order valence-electron chi connectivity index (χ2n) is 6.06. The number of aromatic nitrogens is 2. The van der Waals surface area contributed by atoms with Crippen molar-refractivity contribution >= 4 is 11.6 Å². The Morgan fingerprint density at radius 1 is 1.21 bits per heavy atom. The van der Waals surface area contributed by atoms with Crippen molar-refractivity contribution in [1.82, 2.24) is 9.55 Å². The average molecular weight is 315 g/mol. The summed E-state index contributed by atoms with van der Waals surface area (Å²) >= 11 is 0. The van der Waals surface area contributed by atoms with Crippen LogP contribution in [0.1, 0.15) is 23.4 Å². The van der Waals surface area contributed by atoms with E-state index in [0.717, 1.165) is 35.6 Å². The van der Waals surface area contributed by atoms with E-state index in [1.54, 1.807) is 0 Å². The maximum Gasteiger partial charge on any atom is 0.139 e. The molecule has 1 unspecified atom stereocenters. The highest BCUT2D eigenvalue weighted by atomic mass is 16.5. The number of fused-ring (bicyclic) bond motifs is 1. The molecule has 119 valence electrons. The Labute approximate surface area is 142 Å². The molecule has 0 bridgehead atoms. The highest BCUT2D eigenvalue weighted by Crippen LogP contribution is 2.35. The van der Waals surface area contributed by atoms with Crippen LogP contribution in [0.5, 0.6) is 5.75 Å². The number of benzene rings is 2. The summed E-state index contributed by atoms with van der Waals surface area (Å²) in [4.78, 5) is 4.52. The van der Waals surface area contributed by atoms with Gasteiger partial charge in [-0.2, -0.15) is 0 Å². The molecule has 2 aromatic carbocycles. The van der Waals surface area contributed by atoms with E-state index < -0.39 is 0 Å². The third-order valence-electron chi connectivity index (χ3n) is 4.40. The Morgan fingerprint density at radius 3 is 2.88 bits per heavy atom. The van der Waals surface area contributed by atoms with Crippen molar-refractivity contribution in [3.63, 3.8) is 0 Å². The van der Waals surface area contributed by atoms with Gasteiger partial charge in [-0.3, -0.25) is 0 Å². The number of ether oxygens (including phenoxy) is 1. The summed E-state index contributed by atoms with van der Waals surface area (Å²) in [6.45, 7) is 0. The van der Waals surface area contributed by atoms with Gasteiger partial charge in [-0.05, 0) is 42.7 Å². The molecule has 3 aromatic rings. The van der Waals surface area contributed by atoms with Gasteiger partial charge in [-0.1, -0.05) is 36.4 Å². The van der Waals surface area contributed by atoms with Gasteiger partial charge in [0.05, 0.1) is 0 Å². The molecule has 0 saturated carbocycles. The lowest BCUT2D eigenvalue weighted by atomic mass is 9.96. The smallest absolute Gasteiger partial charge is 0.139 e. The molecule has 1 aromatic heterocycles. The van der Waals surface area contributed by atoms with Gasteiger partial charge in [0.1, 0.15) is 17.7 Å². The topological polar surface area (TPSA) is 27.1 Å². The predicted octanol–water partition coefficient (Wildman–Crippen LogP) is 4.15. The Morgan fingerprint density at radius 2 is 2.08 bits per heavy atom. The molecule has 24 heavy (non-hydrogen) atoms. The van der Waals surface area contributed by atoms with Crippen LogP contribution >= 0.6 is 0 Å². The van der Waals surface area contributed by atoms with Crippen LogP contribution in [0.3, 0.4) is 0 Å². The minimum absolute atomic E-state index is 0.00112. The van der Waals surface area contributed by atoms with E-state index in [0.29, 0.717) is 0 Å². The van der Waals surface area contributed by atoms with Gasteiger partial charge in [0.25, 0.3) is 0 Å². The quantitative estimate of drug-likeness (QED) is 0.723. The Bertz CT molecular complexity index is 864. The fourth-order valence-corrected chi connectivity index (χ4v) is 3.14. The molecule has 0 spiro atoms. The van der Waals surface area contributed by atoms with E-state index in [1.807, 2.05) is 48.3 Å². The van der Waals surface area contributed by atoms with Crippen LogP contribution < -0.4 is 4.74 Å². The van der Waals surface area contributed by atoms with E-state index in [4.69, 9.17) is 4.74 Å². The third-order valence-corrected chi connectivity index (χ3v) is 4.40. The highest BCUT2D eigenvalue weighted by Gasteiger charge is 2.26. The van der Waals surface area contributed by atoms with Crippen molar-refractivity contribution < 1.29 is 4.74 Å². The van der Waals surface area contributed by atoms with E-state index in [-0.39, 0.29) is 6.10 Å². The summed E-state index contributed by atoms with van der Waals surface area (Å²) in [6.07, 6.45) is 7.88. The summed E-state index contributed by atoms with van der Waals surface area (Å²) in [5.41, 5.74) is 3.52. The summed E-state index contributed by atoms with van der Waals surface area (Å²) in [6, 6.07) is 19.5. The Kier molecular flexibility index (Phi) is 3.91. The van der Waals surface area contributed by atoms with Gasteiger partial charge >= 0.3 is 0 Å². The number of imidazole rings is 1. The van der Waals surface area contributed by atoms with Crippen molar-refractivity contribution in [3.8, 4) is 5.75 Å². The number of aryl methyl sites for hydroxylation is 2. The first-order valence-electron chi connectivity index (χ1n) is 8.21. The molecule has 0 saturated heterocycles. The number of hydrogen-bond acceptors (Lipinski definition) is 2. The standard InChI is InChI=1S/C21H19N2O/c1-23-14-13-22-21(23)18-15-17-9-5-6-10-19(17)24-20(18)12-11-16-7-3-2-4-8-16/h2-4,6-10,13-15,20H,11-12H2,1H3. The zero-order valence-corrected chi connectivity index (χ0v) is 13.6. The van der Waals surface area contributed by atoms with E-state index >= 15 is 0 Å². The van der Waals surface area contributed by atoms with Gasteiger partial charge in [-0.25, -0.2) is 4.98 Å². The van der Waals surface area contributed by atoms with Gasteiger partial charge in [0.2, 0.25) is 0 Å². The largest absolute Gasteiger partial charge is 0.485 e. The molecule has 4 rings (SSSR count). The highest BCUT2D eigenvalue weighted by molar-refractivity contribution is 5.85. The first-order chi connectivity index (χ1) is 11.8.